The lowest BCUT2D eigenvalue weighted by Crippen LogP contribution is -2.36. The summed E-state index contributed by atoms with van der Waals surface area (Å²) in [6, 6.07) is 17.2. The number of hydrogen-bond donors (Lipinski definition) is 0. The Kier molecular flexibility index (Phi) is 11.8. The van der Waals surface area contributed by atoms with Gasteiger partial charge in [0.1, 0.15) is 17.1 Å². The van der Waals surface area contributed by atoms with Gasteiger partial charge in [0.2, 0.25) is 0 Å². The van der Waals surface area contributed by atoms with Crippen LogP contribution < -0.4 is 9.47 Å². The lowest BCUT2D eigenvalue weighted by atomic mass is 9.85. The molecule has 0 saturated carbocycles. The molecule has 3 unspecified atom stereocenters. The highest BCUT2D eigenvalue weighted by molar-refractivity contribution is 5.92. The molecule has 1 aliphatic rings. The van der Waals surface area contributed by atoms with Crippen LogP contribution in [0.2, 0.25) is 0 Å². The lowest BCUT2D eigenvalue weighted by molar-refractivity contribution is 0.0510. The summed E-state index contributed by atoms with van der Waals surface area (Å²) < 4.78 is 12.6. The largest absolute Gasteiger partial charge is 0.487 e. The Bertz CT molecular complexity index is 1320. The third kappa shape index (κ3) is 9.68. The maximum atomic E-state index is 13.1. The van der Waals surface area contributed by atoms with E-state index in [0.717, 1.165) is 59.6 Å². The fourth-order valence-corrected chi connectivity index (χ4v) is 6.35. The molecular formula is C39H53NO3. The van der Waals surface area contributed by atoms with Crippen molar-refractivity contribution in [3.05, 3.63) is 77.5 Å². The number of benzene rings is 2. The van der Waals surface area contributed by atoms with Crippen molar-refractivity contribution >= 4 is 5.97 Å². The highest BCUT2D eigenvalue weighted by Crippen LogP contribution is 2.42. The first-order chi connectivity index (χ1) is 20.6. The van der Waals surface area contributed by atoms with Gasteiger partial charge < -0.3 is 9.47 Å². The van der Waals surface area contributed by atoms with Gasteiger partial charge in [-0.25, -0.2) is 4.79 Å². The summed E-state index contributed by atoms with van der Waals surface area (Å²) in [5.41, 5.74) is 4.11. The molecule has 232 valence electrons. The number of rotatable bonds is 15. The van der Waals surface area contributed by atoms with E-state index in [1.54, 1.807) is 12.3 Å². The third-order valence-electron chi connectivity index (χ3n) is 9.25. The molecule has 0 fully saturated rings. The number of esters is 1. The van der Waals surface area contributed by atoms with Crippen LogP contribution in [0, 0.1) is 24.7 Å². The van der Waals surface area contributed by atoms with Crippen molar-refractivity contribution in [1.29, 1.82) is 0 Å². The van der Waals surface area contributed by atoms with Gasteiger partial charge in [0.25, 0.3) is 0 Å². The quantitative estimate of drug-likeness (QED) is 0.132. The molecular weight excluding hydrogens is 530 g/mol. The Morgan fingerprint density at radius 3 is 2.33 bits per heavy atom. The number of ether oxygens (including phenoxy) is 2. The summed E-state index contributed by atoms with van der Waals surface area (Å²) in [6.45, 7) is 13.8. The van der Waals surface area contributed by atoms with E-state index in [-0.39, 0.29) is 11.6 Å². The van der Waals surface area contributed by atoms with E-state index in [1.807, 2.05) is 49.4 Å². The highest BCUT2D eigenvalue weighted by Gasteiger charge is 2.33. The van der Waals surface area contributed by atoms with E-state index in [9.17, 15) is 4.79 Å². The van der Waals surface area contributed by atoms with Crippen LogP contribution >= 0.6 is 0 Å². The van der Waals surface area contributed by atoms with Crippen molar-refractivity contribution in [1.82, 2.24) is 4.98 Å². The summed E-state index contributed by atoms with van der Waals surface area (Å²) in [7, 11) is 0. The van der Waals surface area contributed by atoms with Crippen molar-refractivity contribution in [3.63, 3.8) is 0 Å². The van der Waals surface area contributed by atoms with Gasteiger partial charge in [-0.05, 0) is 93.2 Å². The minimum atomic E-state index is -0.377. The minimum absolute atomic E-state index is 0.192. The first kappa shape index (κ1) is 32.8. The van der Waals surface area contributed by atoms with Crippen LogP contribution in [0.1, 0.15) is 120 Å². The number of pyridine rings is 1. The first-order valence-electron chi connectivity index (χ1n) is 16.7. The van der Waals surface area contributed by atoms with Gasteiger partial charge in [-0.15, -0.1) is 0 Å². The van der Waals surface area contributed by atoms with E-state index in [1.165, 1.54) is 56.9 Å². The van der Waals surface area contributed by atoms with Crippen LogP contribution in [0.3, 0.4) is 0 Å². The molecule has 0 aliphatic carbocycles. The predicted molar refractivity (Wildman–Crippen MR) is 178 cm³/mol. The van der Waals surface area contributed by atoms with Crippen molar-refractivity contribution in [3.8, 4) is 22.8 Å². The van der Waals surface area contributed by atoms with Gasteiger partial charge in [0.05, 0.1) is 11.3 Å². The van der Waals surface area contributed by atoms with E-state index in [2.05, 4.69) is 45.7 Å². The zero-order valence-electron chi connectivity index (χ0n) is 27.5. The predicted octanol–water partition coefficient (Wildman–Crippen LogP) is 10.8. The fraction of sp³-hybridized carbons (Fsp3) is 0.538. The maximum absolute atomic E-state index is 13.1. The van der Waals surface area contributed by atoms with E-state index in [0.29, 0.717) is 11.3 Å². The van der Waals surface area contributed by atoms with Crippen molar-refractivity contribution in [2.24, 2.45) is 17.8 Å². The fourth-order valence-electron chi connectivity index (χ4n) is 6.35. The average molecular weight is 584 g/mol. The normalized spacial score (nSPS) is 17.7. The van der Waals surface area contributed by atoms with Gasteiger partial charge >= 0.3 is 5.97 Å². The number of carbonyl (C=O) groups is 1. The van der Waals surface area contributed by atoms with Crippen molar-refractivity contribution in [2.45, 2.75) is 118 Å². The molecule has 3 aromatic rings. The van der Waals surface area contributed by atoms with Gasteiger partial charge in [-0.2, -0.15) is 0 Å². The Morgan fingerprint density at radius 1 is 0.907 bits per heavy atom. The molecule has 43 heavy (non-hydrogen) atoms. The molecule has 3 atom stereocenters. The molecule has 0 bridgehead atoms. The average Bonchev–Trinajstić information content (AvgIpc) is 2.99. The third-order valence-corrected chi connectivity index (χ3v) is 9.25. The van der Waals surface area contributed by atoms with E-state index >= 15 is 0 Å². The maximum Gasteiger partial charge on any atom is 0.343 e. The van der Waals surface area contributed by atoms with Gasteiger partial charge in [0.15, 0.2) is 0 Å². The summed E-state index contributed by atoms with van der Waals surface area (Å²) in [4.78, 5) is 17.6. The number of fused-ring (bicyclic) bond motifs is 1. The van der Waals surface area contributed by atoms with Crippen molar-refractivity contribution in [2.75, 3.05) is 0 Å². The van der Waals surface area contributed by atoms with Crippen LogP contribution in [0.4, 0.5) is 0 Å². The molecule has 0 spiro atoms. The van der Waals surface area contributed by atoms with Gasteiger partial charge in [-0.3, -0.25) is 4.98 Å². The molecule has 4 nitrogen and oxygen atoms in total. The molecule has 0 N–H and O–H groups in total. The highest BCUT2D eigenvalue weighted by atomic mass is 16.5. The zero-order valence-corrected chi connectivity index (χ0v) is 27.5. The molecule has 1 aromatic heterocycles. The Labute approximate surface area is 260 Å². The second-order valence-corrected chi connectivity index (χ2v) is 13.8. The molecule has 2 heterocycles. The van der Waals surface area contributed by atoms with Crippen LogP contribution in [0.15, 0.2) is 60.8 Å². The number of aryl methyl sites for hydroxylation is 1. The summed E-state index contributed by atoms with van der Waals surface area (Å²) >= 11 is 0. The molecule has 0 amide bonds. The standard InChI is InChI=1S/C39H53NO3/c1-28(2)13-9-14-29(3)15-10-16-30(4)17-12-24-39(6)25-23-32-21-22-36(31(5)37(32)43-39)42-38(41)34-19-11-18-33(27-34)35-20-7-8-26-40-35/h7-8,11,18-22,26-30H,9-10,12-17,23-25H2,1-6H3. The van der Waals surface area contributed by atoms with Crippen LogP contribution in [-0.2, 0) is 6.42 Å². The number of aromatic nitrogens is 1. The van der Waals surface area contributed by atoms with E-state index in [4.69, 9.17) is 9.47 Å². The van der Waals surface area contributed by atoms with Gasteiger partial charge in [0, 0.05) is 17.3 Å². The molecule has 4 rings (SSSR count). The number of carbonyl (C=O) groups excluding carboxylic acids is 1. The Balaban J connectivity index is 1.28. The minimum Gasteiger partial charge on any atom is -0.487 e. The van der Waals surface area contributed by atoms with Crippen molar-refractivity contribution < 1.29 is 14.3 Å². The first-order valence-corrected chi connectivity index (χ1v) is 16.7. The Morgan fingerprint density at radius 2 is 1.63 bits per heavy atom. The molecule has 2 aromatic carbocycles. The molecule has 0 radical (unpaired) electrons. The van der Waals surface area contributed by atoms with Crippen LogP contribution in [0.5, 0.6) is 11.5 Å². The molecule has 4 heteroatoms. The monoisotopic (exact) mass is 583 g/mol. The summed E-state index contributed by atoms with van der Waals surface area (Å²) in [5.74, 6) is 3.50. The summed E-state index contributed by atoms with van der Waals surface area (Å²) in [6.07, 6.45) is 15.4. The Hall–Kier alpha value is -3.14. The second kappa shape index (κ2) is 15.5. The molecule has 1 aliphatic heterocycles. The SMILES string of the molecule is Cc1c(OC(=O)c2cccc(-c3ccccn3)c2)ccc2c1OC(C)(CCCC(C)CCCC(C)CCCC(C)C)CC2. The second-order valence-electron chi connectivity index (χ2n) is 13.8. The topological polar surface area (TPSA) is 48.4 Å². The zero-order chi connectivity index (χ0) is 30.8. The number of nitrogens with zero attached hydrogens (tertiary/aromatic N) is 1. The van der Waals surface area contributed by atoms with Crippen LogP contribution in [0.25, 0.3) is 11.3 Å². The smallest absolute Gasteiger partial charge is 0.343 e. The summed E-state index contributed by atoms with van der Waals surface area (Å²) in [5, 5.41) is 0. The lowest BCUT2D eigenvalue weighted by Gasteiger charge is -2.37. The van der Waals surface area contributed by atoms with E-state index < -0.39 is 0 Å². The van der Waals surface area contributed by atoms with Gasteiger partial charge in [-0.1, -0.05) is 96.9 Å². The van der Waals surface area contributed by atoms with Crippen LogP contribution in [-0.4, -0.2) is 16.6 Å². The molecule has 0 saturated heterocycles. The number of hydrogen-bond acceptors (Lipinski definition) is 4.